The van der Waals surface area contributed by atoms with Gasteiger partial charge < -0.3 is 19.7 Å². The minimum atomic E-state index is -0.521. The number of rotatable bonds is 4. The van der Waals surface area contributed by atoms with E-state index in [1.165, 1.54) is 13.2 Å². The summed E-state index contributed by atoms with van der Waals surface area (Å²) >= 11 is 0. The molecule has 1 aliphatic rings. The van der Waals surface area contributed by atoms with Crippen LogP contribution in [0.15, 0.2) is 36.5 Å². The predicted octanol–water partition coefficient (Wildman–Crippen LogP) is 1.35. The number of benzene rings is 1. The lowest BCUT2D eigenvalue weighted by Crippen LogP contribution is -2.37. The van der Waals surface area contributed by atoms with E-state index in [0.29, 0.717) is 37.9 Å². The molecular weight excluding hydrogens is 324 g/mol. The Bertz CT molecular complexity index is 775. The molecule has 1 amide bonds. The van der Waals surface area contributed by atoms with Gasteiger partial charge in [-0.15, -0.1) is 0 Å². The summed E-state index contributed by atoms with van der Waals surface area (Å²) < 4.78 is 10.0. The monoisotopic (exact) mass is 342 g/mol. The largest absolute Gasteiger partial charge is 0.465 e. The fourth-order valence-electron chi connectivity index (χ4n) is 2.46. The van der Waals surface area contributed by atoms with Gasteiger partial charge in [0.05, 0.1) is 31.6 Å². The Labute approximate surface area is 144 Å². The van der Waals surface area contributed by atoms with Crippen molar-refractivity contribution in [2.24, 2.45) is 0 Å². The first-order valence-corrected chi connectivity index (χ1v) is 7.83. The highest BCUT2D eigenvalue weighted by Crippen LogP contribution is 2.17. The number of hydrogen-bond acceptors (Lipinski definition) is 7. The molecule has 0 spiro atoms. The highest BCUT2D eigenvalue weighted by atomic mass is 16.5. The van der Waals surface area contributed by atoms with E-state index in [1.54, 1.807) is 30.5 Å². The smallest absolute Gasteiger partial charge is 0.339 e. The van der Waals surface area contributed by atoms with Crippen molar-refractivity contribution in [2.75, 3.05) is 43.6 Å². The first-order chi connectivity index (χ1) is 12.2. The second-order valence-corrected chi connectivity index (χ2v) is 5.33. The average molecular weight is 342 g/mol. The molecule has 0 unspecified atom stereocenters. The normalized spacial score (nSPS) is 14.0. The van der Waals surface area contributed by atoms with E-state index >= 15 is 0 Å². The summed E-state index contributed by atoms with van der Waals surface area (Å²) in [7, 11) is 1.29. The van der Waals surface area contributed by atoms with E-state index in [0.717, 1.165) is 0 Å². The maximum absolute atomic E-state index is 12.5. The summed E-state index contributed by atoms with van der Waals surface area (Å²) in [6.45, 7) is 2.56. The molecule has 0 atom stereocenters. The van der Waals surface area contributed by atoms with Crippen molar-refractivity contribution in [3.63, 3.8) is 0 Å². The third-order valence-electron chi connectivity index (χ3n) is 3.75. The van der Waals surface area contributed by atoms with Crippen LogP contribution in [0.1, 0.15) is 20.8 Å². The van der Waals surface area contributed by atoms with Crippen LogP contribution in [0.4, 0.5) is 11.6 Å². The van der Waals surface area contributed by atoms with Crippen molar-refractivity contribution in [2.45, 2.75) is 0 Å². The van der Waals surface area contributed by atoms with E-state index in [4.69, 9.17) is 9.47 Å². The van der Waals surface area contributed by atoms with Gasteiger partial charge in [0.1, 0.15) is 5.69 Å². The van der Waals surface area contributed by atoms with Crippen LogP contribution >= 0.6 is 0 Å². The molecule has 1 aromatic heterocycles. The number of ether oxygens (including phenoxy) is 2. The number of morpholine rings is 1. The Morgan fingerprint density at radius 3 is 2.72 bits per heavy atom. The van der Waals surface area contributed by atoms with Gasteiger partial charge in [-0.1, -0.05) is 12.1 Å². The molecule has 130 valence electrons. The van der Waals surface area contributed by atoms with Gasteiger partial charge in [0, 0.05) is 19.3 Å². The standard InChI is InChI=1S/C17H18N4O4/c1-24-16(23)12-4-2-3-5-13(12)19-15(22)14-6-7-18-17(20-14)21-8-10-25-11-9-21/h2-7H,8-11H2,1H3,(H,19,22). The molecule has 2 heterocycles. The van der Waals surface area contributed by atoms with Crippen LogP contribution < -0.4 is 10.2 Å². The van der Waals surface area contributed by atoms with Crippen molar-refractivity contribution < 1.29 is 19.1 Å². The summed E-state index contributed by atoms with van der Waals surface area (Å²) in [6.07, 6.45) is 1.54. The number of anilines is 2. The number of carbonyl (C=O) groups is 2. The number of aromatic nitrogens is 2. The molecule has 0 radical (unpaired) electrons. The van der Waals surface area contributed by atoms with E-state index in [1.807, 2.05) is 4.90 Å². The Hall–Kier alpha value is -3.00. The van der Waals surface area contributed by atoms with Crippen LogP contribution in [0.25, 0.3) is 0 Å². The second-order valence-electron chi connectivity index (χ2n) is 5.33. The molecule has 1 aliphatic heterocycles. The van der Waals surface area contributed by atoms with Crippen LogP contribution in [0, 0.1) is 0 Å². The van der Waals surface area contributed by atoms with Gasteiger partial charge in [0.15, 0.2) is 0 Å². The molecule has 0 bridgehead atoms. The number of amides is 1. The number of nitrogens with zero attached hydrogens (tertiary/aromatic N) is 3. The quantitative estimate of drug-likeness (QED) is 0.838. The van der Waals surface area contributed by atoms with E-state index in [2.05, 4.69) is 15.3 Å². The molecule has 0 aliphatic carbocycles. The summed E-state index contributed by atoms with van der Waals surface area (Å²) in [5.41, 5.74) is 0.864. The van der Waals surface area contributed by atoms with Crippen molar-refractivity contribution in [1.29, 1.82) is 0 Å². The number of para-hydroxylation sites is 1. The Kier molecular flexibility index (Phi) is 5.20. The number of methoxy groups -OCH3 is 1. The number of esters is 1. The zero-order chi connectivity index (χ0) is 17.6. The minimum Gasteiger partial charge on any atom is -0.465 e. The van der Waals surface area contributed by atoms with E-state index < -0.39 is 11.9 Å². The SMILES string of the molecule is COC(=O)c1ccccc1NC(=O)c1ccnc(N2CCOCC2)n1. The zero-order valence-corrected chi connectivity index (χ0v) is 13.8. The molecular formula is C17H18N4O4. The molecule has 2 aromatic rings. The maximum atomic E-state index is 12.5. The molecule has 1 N–H and O–H groups in total. The first kappa shape index (κ1) is 16.8. The van der Waals surface area contributed by atoms with Gasteiger partial charge in [-0.25, -0.2) is 14.8 Å². The highest BCUT2D eigenvalue weighted by Gasteiger charge is 2.18. The molecule has 8 nitrogen and oxygen atoms in total. The first-order valence-electron chi connectivity index (χ1n) is 7.83. The molecule has 25 heavy (non-hydrogen) atoms. The second kappa shape index (κ2) is 7.71. The number of carbonyl (C=O) groups excluding carboxylic acids is 2. The molecule has 0 saturated carbocycles. The summed E-state index contributed by atoms with van der Waals surface area (Å²) in [5, 5.41) is 2.70. The molecule has 1 saturated heterocycles. The van der Waals surface area contributed by atoms with Crippen molar-refractivity contribution in [3.05, 3.63) is 47.8 Å². The van der Waals surface area contributed by atoms with E-state index in [-0.39, 0.29) is 11.3 Å². The summed E-state index contributed by atoms with van der Waals surface area (Å²) in [5.74, 6) is -0.460. The fourth-order valence-corrected chi connectivity index (χ4v) is 2.46. The molecule has 3 rings (SSSR count). The van der Waals surface area contributed by atoms with Gasteiger partial charge in [0.25, 0.3) is 5.91 Å². The van der Waals surface area contributed by atoms with Crippen molar-refractivity contribution in [3.8, 4) is 0 Å². The highest BCUT2D eigenvalue weighted by molar-refractivity contribution is 6.07. The van der Waals surface area contributed by atoms with E-state index in [9.17, 15) is 9.59 Å². The van der Waals surface area contributed by atoms with Crippen molar-refractivity contribution in [1.82, 2.24) is 9.97 Å². The molecule has 1 fully saturated rings. The third kappa shape index (κ3) is 3.92. The predicted molar refractivity (Wildman–Crippen MR) is 90.8 cm³/mol. The minimum absolute atomic E-state index is 0.219. The van der Waals surface area contributed by atoms with Crippen LogP contribution in [0.2, 0.25) is 0 Å². The van der Waals surface area contributed by atoms with Gasteiger partial charge in [-0.2, -0.15) is 0 Å². The fraction of sp³-hybridized carbons (Fsp3) is 0.294. The lowest BCUT2D eigenvalue weighted by atomic mass is 10.1. The van der Waals surface area contributed by atoms with Crippen LogP contribution in [-0.4, -0.2) is 55.3 Å². The number of hydrogen-bond donors (Lipinski definition) is 1. The van der Waals surface area contributed by atoms with Gasteiger partial charge in [-0.05, 0) is 18.2 Å². The van der Waals surface area contributed by atoms with Gasteiger partial charge in [0.2, 0.25) is 5.95 Å². The van der Waals surface area contributed by atoms with Crippen LogP contribution in [-0.2, 0) is 9.47 Å². The van der Waals surface area contributed by atoms with Gasteiger partial charge in [-0.3, -0.25) is 4.79 Å². The topological polar surface area (TPSA) is 93.6 Å². The summed E-state index contributed by atoms with van der Waals surface area (Å²) in [4.78, 5) is 34.8. The maximum Gasteiger partial charge on any atom is 0.339 e. The lowest BCUT2D eigenvalue weighted by Gasteiger charge is -2.26. The van der Waals surface area contributed by atoms with Crippen LogP contribution in [0.5, 0.6) is 0 Å². The van der Waals surface area contributed by atoms with Crippen molar-refractivity contribution >= 4 is 23.5 Å². The zero-order valence-electron chi connectivity index (χ0n) is 13.8. The number of nitrogens with one attached hydrogen (secondary N) is 1. The average Bonchev–Trinajstić information content (AvgIpc) is 2.68. The Balaban J connectivity index is 1.79. The summed E-state index contributed by atoms with van der Waals surface area (Å²) in [6, 6.07) is 8.17. The Morgan fingerprint density at radius 1 is 1.20 bits per heavy atom. The molecule has 8 heteroatoms. The lowest BCUT2D eigenvalue weighted by molar-refractivity contribution is 0.0602. The third-order valence-corrected chi connectivity index (χ3v) is 3.75. The molecule has 1 aromatic carbocycles. The Morgan fingerprint density at radius 2 is 1.96 bits per heavy atom. The van der Waals surface area contributed by atoms with Crippen LogP contribution in [0.3, 0.4) is 0 Å². The van der Waals surface area contributed by atoms with Gasteiger partial charge >= 0.3 is 5.97 Å².